The van der Waals surface area contributed by atoms with Gasteiger partial charge in [-0.15, -0.1) is 0 Å². The highest BCUT2D eigenvalue weighted by atomic mass is 32.2. The van der Waals surface area contributed by atoms with Crippen LogP contribution >= 0.6 is 0 Å². The average molecular weight is 323 g/mol. The first kappa shape index (κ1) is 16.2. The summed E-state index contributed by atoms with van der Waals surface area (Å²) in [6.07, 6.45) is -2.29. The van der Waals surface area contributed by atoms with E-state index in [9.17, 15) is 21.6 Å². The van der Waals surface area contributed by atoms with Gasteiger partial charge in [0.2, 0.25) is 10.0 Å². The smallest absolute Gasteiger partial charge is 0.238 e. The Morgan fingerprint density at radius 3 is 2.57 bits per heavy atom. The molecule has 1 unspecified atom stereocenters. The minimum absolute atomic E-state index is 0.0654. The number of rotatable bonds is 2. The van der Waals surface area contributed by atoms with Crippen LogP contribution in [0.2, 0.25) is 0 Å². The lowest BCUT2D eigenvalue weighted by atomic mass is 9.98. The summed E-state index contributed by atoms with van der Waals surface area (Å²) >= 11 is 0. The highest BCUT2D eigenvalue weighted by Gasteiger charge is 2.35. The number of hydrogen-bond donors (Lipinski definition) is 0. The number of nitrogens with zero attached hydrogens (tertiary/aromatic N) is 3. The molecule has 1 fully saturated rings. The first-order valence-corrected chi connectivity index (χ1v) is 8.30. The maximum absolute atomic E-state index is 12.8. The van der Waals surface area contributed by atoms with Gasteiger partial charge < -0.3 is 0 Å². The number of piperidine rings is 1. The van der Waals surface area contributed by atoms with Gasteiger partial charge in [-0.25, -0.2) is 22.7 Å². The van der Waals surface area contributed by atoms with E-state index in [1.165, 1.54) is 11.2 Å². The lowest BCUT2D eigenvalue weighted by Gasteiger charge is -2.30. The van der Waals surface area contributed by atoms with Gasteiger partial charge in [-0.3, -0.25) is 0 Å². The molecule has 0 spiro atoms. The van der Waals surface area contributed by atoms with E-state index in [0.29, 0.717) is 19.4 Å². The Balaban J connectivity index is 2.31. The van der Waals surface area contributed by atoms with Gasteiger partial charge in [0.15, 0.2) is 0 Å². The van der Waals surface area contributed by atoms with Crippen molar-refractivity contribution in [1.29, 1.82) is 0 Å². The van der Waals surface area contributed by atoms with E-state index in [-0.39, 0.29) is 18.1 Å². The van der Waals surface area contributed by atoms with E-state index in [2.05, 4.69) is 9.97 Å². The largest absolute Gasteiger partial charge is 0.433 e. The van der Waals surface area contributed by atoms with Crippen molar-refractivity contribution in [1.82, 2.24) is 14.3 Å². The molecule has 0 N–H and O–H groups in total. The standard InChI is InChI=1S/C12H16F3N3O2S/c1-8-6-10(12(13,14)15)17-11(16-8)9-4-3-5-18(7-9)21(2,19)20/h6,9H,3-5,7H2,1-2H3. The Morgan fingerprint density at radius 2 is 2.00 bits per heavy atom. The second kappa shape index (κ2) is 5.53. The third-order valence-electron chi connectivity index (χ3n) is 3.38. The van der Waals surface area contributed by atoms with Gasteiger partial charge >= 0.3 is 6.18 Å². The van der Waals surface area contributed by atoms with Crippen LogP contribution in [0.5, 0.6) is 0 Å². The lowest BCUT2D eigenvalue weighted by Crippen LogP contribution is -2.39. The zero-order valence-corrected chi connectivity index (χ0v) is 12.5. The van der Waals surface area contributed by atoms with Gasteiger partial charge in [0.1, 0.15) is 11.5 Å². The topological polar surface area (TPSA) is 63.2 Å². The van der Waals surface area contributed by atoms with Gasteiger partial charge in [-0.2, -0.15) is 13.2 Å². The molecule has 1 saturated heterocycles. The van der Waals surface area contributed by atoms with Gasteiger partial charge in [-0.1, -0.05) is 0 Å². The highest BCUT2D eigenvalue weighted by molar-refractivity contribution is 7.88. The zero-order chi connectivity index (χ0) is 15.8. The number of halogens is 3. The van der Waals surface area contributed by atoms with Crippen LogP contribution in [0.15, 0.2) is 6.07 Å². The molecule has 2 heterocycles. The van der Waals surface area contributed by atoms with Crippen LogP contribution in [0.4, 0.5) is 13.2 Å². The van der Waals surface area contributed by atoms with Crippen LogP contribution < -0.4 is 0 Å². The van der Waals surface area contributed by atoms with Gasteiger partial charge in [-0.05, 0) is 25.8 Å². The van der Waals surface area contributed by atoms with Crippen molar-refractivity contribution in [2.24, 2.45) is 0 Å². The molecule has 1 aliphatic heterocycles. The van der Waals surface area contributed by atoms with Crippen LogP contribution in [0.25, 0.3) is 0 Å². The predicted molar refractivity (Wildman–Crippen MR) is 70.2 cm³/mol. The summed E-state index contributed by atoms with van der Waals surface area (Å²) in [5.74, 6) is -0.342. The molecule has 0 aromatic carbocycles. The van der Waals surface area contributed by atoms with Crippen LogP contribution in [0.1, 0.15) is 36.0 Å². The summed E-state index contributed by atoms with van der Waals surface area (Å²) < 4.78 is 62.7. The molecule has 2 rings (SSSR count). The number of alkyl halides is 3. The number of sulfonamides is 1. The molecule has 1 aromatic heterocycles. The summed E-state index contributed by atoms with van der Waals surface area (Å²) in [5, 5.41) is 0. The summed E-state index contributed by atoms with van der Waals surface area (Å²) in [5.41, 5.74) is -0.759. The Hall–Kier alpha value is -1.22. The van der Waals surface area contributed by atoms with Gasteiger partial charge in [0, 0.05) is 24.7 Å². The van der Waals surface area contributed by atoms with E-state index in [1.54, 1.807) is 0 Å². The summed E-state index contributed by atoms with van der Waals surface area (Å²) in [4.78, 5) is 7.64. The normalized spacial score (nSPS) is 21.5. The second-order valence-electron chi connectivity index (χ2n) is 5.21. The van der Waals surface area contributed by atoms with Crippen LogP contribution in [0.3, 0.4) is 0 Å². The van der Waals surface area contributed by atoms with E-state index in [1.807, 2.05) is 0 Å². The molecule has 0 bridgehead atoms. The van der Waals surface area contributed by atoms with Crippen molar-refractivity contribution >= 4 is 10.0 Å². The maximum atomic E-state index is 12.8. The third kappa shape index (κ3) is 3.91. The monoisotopic (exact) mass is 323 g/mol. The SMILES string of the molecule is Cc1cc(C(F)(F)F)nc(C2CCCN(S(C)(=O)=O)C2)n1. The van der Waals surface area contributed by atoms with E-state index in [4.69, 9.17) is 0 Å². The third-order valence-corrected chi connectivity index (χ3v) is 4.65. The number of hydrogen-bond acceptors (Lipinski definition) is 4. The number of aromatic nitrogens is 2. The lowest BCUT2D eigenvalue weighted by molar-refractivity contribution is -0.141. The fraction of sp³-hybridized carbons (Fsp3) is 0.667. The van der Waals surface area contributed by atoms with Crippen molar-refractivity contribution in [2.45, 2.75) is 31.9 Å². The minimum Gasteiger partial charge on any atom is -0.238 e. The Bertz CT molecular complexity index is 631. The summed E-state index contributed by atoms with van der Waals surface area (Å²) in [6.45, 7) is 1.98. The second-order valence-corrected chi connectivity index (χ2v) is 7.19. The molecule has 9 heteroatoms. The molecule has 1 aliphatic rings. The molecular formula is C12H16F3N3O2S. The molecule has 1 atom stereocenters. The van der Waals surface area contributed by atoms with Crippen molar-refractivity contribution in [3.05, 3.63) is 23.3 Å². The first-order valence-electron chi connectivity index (χ1n) is 6.45. The van der Waals surface area contributed by atoms with E-state index in [0.717, 1.165) is 12.3 Å². The minimum atomic E-state index is -4.53. The van der Waals surface area contributed by atoms with E-state index < -0.39 is 27.8 Å². The average Bonchev–Trinajstić information content (AvgIpc) is 2.36. The van der Waals surface area contributed by atoms with E-state index >= 15 is 0 Å². The predicted octanol–water partition coefficient (Wildman–Crippen LogP) is 1.94. The number of aryl methyl sites for hydroxylation is 1. The van der Waals surface area contributed by atoms with Crippen molar-refractivity contribution in [2.75, 3.05) is 19.3 Å². The highest BCUT2D eigenvalue weighted by Crippen LogP contribution is 2.31. The van der Waals surface area contributed by atoms with Crippen molar-refractivity contribution < 1.29 is 21.6 Å². The quantitative estimate of drug-likeness (QED) is 0.834. The fourth-order valence-corrected chi connectivity index (χ4v) is 3.29. The van der Waals surface area contributed by atoms with Gasteiger partial charge in [0.05, 0.1) is 6.26 Å². The molecule has 0 amide bonds. The van der Waals surface area contributed by atoms with Crippen LogP contribution in [-0.4, -0.2) is 42.0 Å². The molecule has 0 aliphatic carbocycles. The van der Waals surface area contributed by atoms with Crippen molar-refractivity contribution in [3.8, 4) is 0 Å². The fourth-order valence-electron chi connectivity index (χ4n) is 2.37. The summed E-state index contributed by atoms with van der Waals surface area (Å²) in [7, 11) is -3.36. The Kier molecular flexibility index (Phi) is 4.25. The molecule has 0 saturated carbocycles. The van der Waals surface area contributed by atoms with Crippen LogP contribution in [0, 0.1) is 6.92 Å². The summed E-state index contributed by atoms with van der Waals surface area (Å²) in [6, 6.07) is 0.890. The van der Waals surface area contributed by atoms with Crippen LogP contribution in [-0.2, 0) is 16.2 Å². The molecule has 1 aromatic rings. The van der Waals surface area contributed by atoms with Gasteiger partial charge in [0.25, 0.3) is 0 Å². The maximum Gasteiger partial charge on any atom is 0.433 e. The molecule has 0 radical (unpaired) electrons. The Labute approximate surface area is 121 Å². The molecule has 21 heavy (non-hydrogen) atoms. The molecule has 5 nitrogen and oxygen atoms in total. The molecular weight excluding hydrogens is 307 g/mol. The molecule has 118 valence electrons. The van der Waals surface area contributed by atoms with Crippen molar-refractivity contribution in [3.63, 3.8) is 0 Å². The zero-order valence-electron chi connectivity index (χ0n) is 11.7. The Morgan fingerprint density at radius 1 is 1.33 bits per heavy atom. The first-order chi connectivity index (χ1) is 9.57.